The number of hydrogen-bond donors (Lipinski definition) is 0. The molecular weight excluding hydrogens is 310 g/mol. The van der Waals surface area contributed by atoms with Gasteiger partial charge in [-0.05, 0) is 42.7 Å². The molecular formula is C19H22ClNO2. The summed E-state index contributed by atoms with van der Waals surface area (Å²) in [5, 5.41) is 0.690. The average molecular weight is 332 g/mol. The van der Waals surface area contributed by atoms with Gasteiger partial charge in [0.05, 0.1) is 6.61 Å². The van der Waals surface area contributed by atoms with Crippen molar-refractivity contribution in [3.63, 3.8) is 0 Å². The van der Waals surface area contributed by atoms with Gasteiger partial charge in [0.15, 0.2) is 0 Å². The predicted molar refractivity (Wildman–Crippen MR) is 93.8 cm³/mol. The van der Waals surface area contributed by atoms with Crippen LogP contribution in [0.15, 0.2) is 48.5 Å². The SMILES string of the molecule is Cc1cccc(OCCCC(=O)N(C)Cc2ccccc2Cl)c1. The van der Waals surface area contributed by atoms with Crippen LogP contribution in [0.1, 0.15) is 24.0 Å². The van der Waals surface area contributed by atoms with Crippen LogP contribution in [0.2, 0.25) is 5.02 Å². The van der Waals surface area contributed by atoms with E-state index in [0.717, 1.165) is 16.9 Å². The van der Waals surface area contributed by atoms with E-state index in [1.165, 1.54) is 0 Å². The molecule has 23 heavy (non-hydrogen) atoms. The van der Waals surface area contributed by atoms with E-state index in [4.69, 9.17) is 16.3 Å². The predicted octanol–water partition coefficient (Wildman–Crippen LogP) is 4.47. The number of hydrogen-bond acceptors (Lipinski definition) is 2. The third-order valence-electron chi connectivity index (χ3n) is 3.58. The molecule has 0 heterocycles. The number of carbonyl (C=O) groups excluding carboxylic acids is 1. The third-order valence-corrected chi connectivity index (χ3v) is 3.95. The van der Waals surface area contributed by atoms with Gasteiger partial charge in [-0.15, -0.1) is 0 Å². The molecule has 0 fully saturated rings. The molecule has 0 spiro atoms. The fraction of sp³-hybridized carbons (Fsp3) is 0.316. The molecule has 0 N–H and O–H groups in total. The molecule has 0 aliphatic heterocycles. The number of halogens is 1. The van der Waals surface area contributed by atoms with E-state index in [0.29, 0.717) is 31.0 Å². The minimum atomic E-state index is 0.0951. The normalized spacial score (nSPS) is 10.4. The van der Waals surface area contributed by atoms with Crippen molar-refractivity contribution in [1.82, 2.24) is 4.90 Å². The first-order valence-corrected chi connectivity index (χ1v) is 8.11. The second-order valence-electron chi connectivity index (χ2n) is 5.61. The van der Waals surface area contributed by atoms with Gasteiger partial charge in [0.2, 0.25) is 5.91 Å². The van der Waals surface area contributed by atoms with Crippen LogP contribution in [0.3, 0.4) is 0 Å². The van der Waals surface area contributed by atoms with Crippen LogP contribution in [0.25, 0.3) is 0 Å². The van der Waals surface area contributed by atoms with E-state index in [1.807, 2.05) is 55.5 Å². The number of amides is 1. The molecule has 2 rings (SSSR count). The van der Waals surface area contributed by atoms with Crippen LogP contribution in [-0.2, 0) is 11.3 Å². The Labute approximate surface area is 142 Å². The Bertz CT molecular complexity index is 657. The van der Waals surface area contributed by atoms with Gasteiger partial charge in [-0.1, -0.05) is 41.9 Å². The van der Waals surface area contributed by atoms with Gasteiger partial charge in [-0.3, -0.25) is 4.79 Å². The Kier molecular flexibility index (Phi) is 6.48. The first-order chi connectivity index (χ1) is 11.1. The lowest BCUT2D eigenvalue weighted by Gasteiger charge is -2.18. The van der Waals surface area contributed by atoms with Crippen LogP contribution in [0.5, 0.6) is 5.75 Å². The quantitative estimate of drug-likeness (QED) is 0.701. The van der Waals surface area contributed by atoms with Crippen LogP contribution >= 0.6 is 11.6 Å². The summed E-state index contributed by atoms with van der Waals surface area (Å²) < 4.78 is 5.66. The van der Waals surface area contributed by atoms with Crippen molar-refractivity contribution < 1.29 is 9.53 Å². The lowest BCUT2D eigenvalue weighted by Crippen LogP contribution is -2.26. The van der Waals surface area contributed by atoms with Crippen molar-refractivity contribution in [1.29, 1.82) is 0 Å². The van der Waals surface area contributed by atoms with E-state index in [-0.39, 0.29) is 5.91 Å². The van der Waals surface area contributed by atoms with E-state index in [9.17, 15) is 4.79 Å². The van der Waals surface area contributed by atoms with Gasteiger partial charge >= 0.3 is 0 Å². The van der Waals surface area contributed by atoms with Crippen molar-refractivity contribution in [3.8, 4) is 5.75 Å². The van der Waals surface area contributed by atoms with Crippen molar-refractivity contribution in [2.45, 2.75) is 26.3 Å². The van der Waals surface area contributed by atoms with Crippen LogP contribution in [0, 0.1) is 6.92 Å². The second kappa shape index (κ2) is 8.59. The summed E-state index contributed by atoms with van der Waals surface area (Å²) in [4.78, 5) is 13.9. The molecule has 0 aliphatic rings. The average Bonchev–Trinajstić information content (AvgIpc) is 2.53. The Morgan fingerprint density at radius 3 is 2.70 bits per heavy atom. The fourth-order valence-corrected chi connectivity index (χ4v) is 2.48. The summed E-state index contributed by atoms with van der Waals surface area (Å²) in [5.74, 6) is 0.944. The van der Waals surface area contributed by atoms with Gasteiger partial charge in [0.25, 0.3) is 0 Å². The van der Waals surface area contributed by atoms with E-state index in [1.54, 1.807) is 11.9 Å². The minimum absolute atomic E-state index is 0.0951. The molecule has 0 aromatic heterocycles. The van der Waals surface area contributed by atoms with E-state index in [2.05, 4.69) is 0 Å². The summed E-state index contributed by atoms with van der Waals surface area (Å²) in [5.41, 5.74) is 2.12. The highest BCUT2D eigenvalue weighted by atomic mass is 35.5. The number of aryl methyl sites for hydroxylation is 1. The molecule has 2 aromatic rings. The van der Waals surface area contributed by atoms with Gasteiger partial charge < -0.3 is 9.64 Å². The smallest absolute Gasteiger partial charge is 0.222 e. The highest BCUT2D eigenvalue weighted by molar-refractivity contribution is 6.31. The zero-order valence-electron chi connectivity index (χ0n) is 13.6. The zero-order valence-corrected chi connectivity index (χ0v) is 14.3. The Hall–Kier alpha value is -2.00. The van der Waals surface area contributed by atoms with E-state index < -0.39 is 0 Å². The molecule has 4 heteroatoms. The number of nitrogens with zero attached hydrogens (tertiary/aromatic N) is 1. The maximum Gasteiger partial charge on any atom is 0.222 e. The lowest BCUT2D eigenvalue weighted by atomic mass is 10.2. The molecule has 1 amide bonds. The summed E-state index contributed by atoms with van der Waals surface area (Å²) in [6, 6.07) is 15.5. The molecule has 0 radical (unpaired) electrons. The fourth-order valence-electron chi connectivity index (χ4n) is 2.28. The molecule has 0 unspecified atom stereocenters. The van der Waals surface area contributed by atoms with Gasteiger partial charge in [0, 0.05) is 25.0 Å². The standard InChI is InChI=1S/C19H22ClNO2/c1-15-7-5-9-17(13-15)23-12-6-11-19(22)21(2)14-16-8-3-4-10-18(16)20/h3-5,7-10,13H,6,11-12,14H2,1-2H3. The number of ether oxygens (including phenoxy) is 1. The zero-order chi connectivity index (χ0) is 16.7. The van der Waals surface area contributed by atoms with Crippen LogP contribution in [0.4, 0.5) is 0 Å². The van der Waals surface area contributed by atoms with E-state index >= 15 is 0 Å². The van der Waals surface area contributed by atoms with Crippen molar-refractivity contribution in [3.05, 3.63) is 64.7 Å². The van der Waals surface area contributed by atoms with Crippen molar-refractivity contribution in [2.24, 2.45) is 0 Å². The Morgan fingerprint density at radius 2 is 1.96 bits per heavy atom. The van der Waals surface area contributed by atoms with Crippen molar-refractivity contribution in [2.75, 3.05) is 13.7 Å². The monoisotopic (exact) mass is 331 g/mol. The summed E-state index contributed by atoms with van der Waals surface area (Å²) in [6.45, 7) is 3.09. The lowest BCUT2D eigenvalue weighted by molar-refractivity contribution is -0.130. The number of rotatable bonds is 7. The second-order valence-corrected chi connectivity index (χ2v) is 6.02. The van der Waals surface area contributed by atoms with Gasteiger partial charge in [0.1, 0.15) is 5.75 Å². The third kappa shape index (κ3) is 5.61. The number of benzene rings is 2. The molecule has 0 saturated carbocycles. The van der Waals surface area contributed by atoms with Crippen molar-refractivity contribution >= 4 is 17.5 Å². The highest BCUT2D eigenvalue weighted by Gasteiger charge is 2.10. The molecule has 0 atom stereocenters. The van der Waals surface area contributed by atoms with Crippen LogP contribution in [-0.4, -0.2) is 24.5 Å². The molecule has 0 aliphatic carbocycles. The minimum Gasteiger partial charge on any atom is -0.494 e. The first kappa shape index (κ1) is 17.4. The first-order valence-electron chi connectivity index (χ1n) is 7.73. The van der Waals surface area contributed by atoms with Gasteiger partial charge in [-0.2, -0.15) is 0 Å². The molecule has 0 saturated heterocycles. The van der Waals surface area contributed by atoms with Crippen LogP contribution < -0.4 is 4.74 Å². The molecule has 122 valence electrons. The molecule has 2 aromatic carbocycles. The highest BCUT2D eigenvalue weighted by Crippen LogP contribution is 2.17. The number of carbonyl (C=O) groups is 1. The van der Waals surface area contributed by atoms with Gasteiger partial charge in [-0.25, -0.2) is 0 Å². The molecule has 0 bridgehead atoms. The maximum atomic E-state index is 12.2. The Balaban J connectivity index is 1.73. The largest absolute Gasteiger partial charge is 0.494 e. The maximum absolute atomic E-state index is 12.2. The summed E-state index contributed by atoms with van der Waals surface area (Å²) in [6.07, 6.45) is 1.16. The summed E-state index contributed by atoms with van der Waals surface area (Å²) >= 11 is 6.12. The summed E-state index contributed by atoms with van der Waals surface area (Å²) in [7, 11) is 1.80. The molecule has 3 nitrogen and oxygen atoms in total. The Morgan fingerprint density at radius 1 is 1.17 bits per heavy atom. The topological polar surface area (TPSA) is 29.5 Å².